The molecule has 0 spiro atoms. The monoisotopic (exact) mass is 562 g/mol. The summed E-state index contributed by atoms with van der Waals surface area (Å²) in [4.78, 5) is 25.6. The number of carbonyl (C=O) groups is 2. The van der Waals surface area contributed by atoms with Gasteiger partial charge in [0.2, 0.25) is 0 Å². The summed E-state index contributed by atoms with van der Waals surface area (Å²) in [6.45, 7) is 17.2. The second-order valence-corrected chi connectivity index (χ2v) is 12.8. The average molecular weight is 563 g/mol. The van der Waals surface area contributed by atoms with Crippen molar-refractivity contribution < 1.29 is 19.1 Å². The van der Waals surface area contributed by atoms with E-state index in [4.69, 9.17) is 9.47 Å². The van der Waals surface area contributed by atoms with Gasteiger partial charge >= 0.3 is 11.9 Å². The van der Waals surface area contributed by atoms with Crippen molar-refractivity contribution in [2.24, 2.45) is 11.8 Å². The molecule has 234 valence electrons. The Morgan fingerprint density at radius 3 is 1.15 bits per heavy atom. The molecule has 4 atom stereocenters. The van der Waals surface area contributed by atoms with E-state index in [1.54, 1.807) is 0 Å². The van der Waals surface area contributed by atoms with E-state index < -0.39 is 23.1 Å². The van der Waals surface area contributed by atoms with Gasteiger partial charge in [-0.25, -0.2) is 9.59 Å². The standard InChI is InChI=1S/C36H66O4/c1-9-13-17-19-21-23-25-31(5)35(7,29-15-11-3)39-33(37)27-28-34(38)40-36(8,30-16-12-4)32(6)26-24-22-20-18-14-10-2/h31-32H,9-26,29-30H2,1-8H3. The molecule has 0 N–H and O–H groups in total. The van der Waals surface area contributed by atoms with Crippen molar-refractivity contribution >= 4 is 11.9 Å². The van der Waals surface area contributed by atoms with Gasteiger partial charge in [-0.05, 0) is 64.2 Å². The maximum atomic E-state index is 12.8. The molecular formula is C36H66O4. The van der Waals surface area contributed by atoms with Crippen LogP contribution in [0.1, 0.15) is 184 Å². The van der Waals surface area contributed by atoms with Gasteiger partial charge in [-0.3, -0.25) is 0 Å². The highest BCUT2D eigenvalue weighted by Gasteiger charge is 2.35. The fraction of sp³-hybridized carbons (Fsp3) is 0.889. The van der Waals surface area contributed by atoms with Crippen LogP contribution in [0.4, 0.5) is 0 Å². The largest absolute Gasteiger partial charge is 0.449 e. The Morgan fingerprint density at radius 1 is 0.525 bits per heavy atom. The van der Waals surface area contributed by atoms with Crippen molar-refractivity contribution in [3.63, 3.8) is 0 Å². The van der Waals surface area contributed by atoms with E-state index in [-0.39, 0.29) is 11.8 Å². The van der Waals surface area contributed by atoms with E-state index in [2.05, 4.69) is 53.4 Å². The van der Waals surface area contributed by atoms with Crippen molar-refractivity contribution in [2.75, 3.05) is 0 Å². The number of carbonyl (C=O) groups excluding carboxylic acids is 2. The third-order valence-corrected chi connectivity index (χ3v) is 9.04. The van der Waals surface area contributed by atoms with Gasteiger partial charge in [0.05, 0.1) is 0 Å². The predicted molar refractivity (Wildman–Crippen MR) is 170 cm³/mol. The van der Waals surface area contributed by atoms with Gasteiger partial charge in [-0.15, -0.1) is 0 Å². The lowest BCUT2D eigenvalue weighted by atomic mass is 9.82. The maximum Gasteiger partial charge on any atom is 0.385 e. The molecule has 0 aromatic carbocycles. The van der Waals surface area contributed by atoms with E-state index >= 15 is 0 Å². The fourth-order valence-electron chi connectivity index (χ4n) is 5.50. The smallest absolute Gasteiger partial charge is 0.385 e. The summed E-state index contributed by atoms with van der Waals surface area (Å²) in [7, 11) is 0. The van der Waals surface area contributed by atoms with Crippen LogP contribution < -0.4 is 0 Å². The van der Waals surface area contributed by atoms with E-state index in [1.807, 2.05) is 13.8 Å². The molecule has 0 aliphatic heterocycles. The molecule has 4 nitrogen and oxygen atoms in total. The lowest BCUT2D eigenvalue weighted by molar-refractivity contribution is -0.159. The molecule has 0 rings (SSSR count). The fourth-order valence-corrected chi connectivity index (χ4v) is 5.50. The van der Waals surface area contributed by atoms with Crippen molar-refractivity contribution in [3.8, 4) is 11.8 Å². The van der Waals surface area contributed by atoms with Crippen molar-refractivity contribution in [2.45, 2.75) is 195 Å². The zero-order valence-corrected chi connectivity index (χ0v) is 27.9. The van der Waals surface area contributed by atoms with Crippen molar-refractivity contribution in [1.29, 1.82) is 0 Å². The van der Waals surface area contributed by atoms with E-state index in [1.165, 1.54) is 64.2 Å². The summed E-state index contributed by atoms with van der Waals surface area (Å²) in [5.74, 6) is 4.16. The van der Waals surface area contributed by atoms with Gasteiger partial charge < -0.3 is 9.47 Å². The highest BCUT2D eigenvalue weighted by Crippen LogP contribution is 2.33. The molecule has 0 radical (unpaired) electrons. The molecule has 0 bridgehead atoms. The Morgan fingerprint density at radius 2 is 0.825 bits per heavy atom. The zero-order valence-electron chi connectivity index (χ0n) is 27.9. The van der Waals surface area contributed by atoms with Gasteiger partial charge in [0.15, 0.2) is 0 Å². The molecule has 0 amide bonds. The number of esters is 2. The Kier molecular flexibility index (Phi) is 22.2. The van der Waals surface area contributed by atoms with Gasteiger partial charge in [-0.1, -0.05) is 131 Å². The molecule has 0 saturated carbocycles. The second kappa shape index (κ2) is 23.1. The van der Waals surface area contributed by atoms with Crippen LogP contribution in [-0.4, -0.2) is 23.1 Å². The van der Waals surface area contributed by atoms with Crippen LogP contribution >= 0.6 is 0 Å². The third kappa shape index (κ3) is 17.3. The quantitative estimate of drug-likeness (QED) is 0.0508. The van der Waals surface area contributed by atoms with E-state index in [0.717, 1.165) is 64.2 Å². The van der Waals surface area contributed by atoms with Gasteiger partial charge in [0, 0.05) is 11.8 Å². The van der Waals surface area contributed by atoms with Crippen molar-refractivity contribution in [1.82, 2.24) is 0 Å². The Hall–Kier alpha value is -1.50. The van der Waals surface area contributed by atoms with Crippen LogP contribution in [0.25, 0.3) is 0 Å². The average Bonchev–Trinajstić information content (AvgIpc) is 2.93. The summed E-state index contributed by atoms with van der Waals surface area (Å²) >= 11 is 0. The normalized spacial score (nSPS) is 15.7. The molecule has 0 aromatic rings. The number of unbranched alkanes of at least 4 members (excludes halogenated alkanes) is 12. The summed E-state index contributed by atoms with van der Waals surface area (Å²) in [5.41, 5.74) is -1.15. The summed E-state index contributed by atoms with van der Waals surface area (Å²) < 4.78 is 11.9. The minimum atomic E-state index is -0.624. The van der Waals surface area contributed by atoms with Crippen LogP contribution in [0.3, 0.4) is 0 Å². The molecule has 0 saturated heterocycles. The highest BCUT2D eigenvalue weighted by molar-refractivity contribution is 5.98. The molecule has 4 heteroatoms. The predicted octanol–water partition coefficient (Wildman–Crippen LogP) is 10.7. The number of rotatable bonds is 24. The first-order valence-electron chi connectivity index (χ1n) is 17.1. The summed E-state index contributed by atoms with van der Waals surface area (Å²) in [6, 6.07) is 0. The first kappa shape index (κ1) is 38.5. The van der Waals surface area contributed by atoms with Crippen LogP contribution in [0, 0.1) is 23.7 Å². The van der Waals surface area contributed by atoms with Crippen LogP contribution in [0.2, 0.25) is 0 Å². The first-order chi connectivity index (χ1) is 19.1. The lowest BCUT2D eigenvalue weighted by Gasteiger charge is -2.35. The number of hydrogen-bond donors (Lipinski definition) is 0. The first-order valence-corrected chi connectivity index (χ1v) is 17.1. The molecule has 4 unspecified atom stereocenters. The van der Waals surface area contributed by atoms with Gasteiger partial charge in [0.1, 0.15) is 11.2 Å². The van der Waals surface area contributed by atoms with Crippen molar-refractivity contribution in [3.05, 3.63) is 0 Å². The van der Waals surface area contributed by atoms with Crippen LogP contribution in [-0.2, 0) is 19.1 Å². The molecule has 0 aliphatic carbocycles. The molecule has 0 aromatic heterocycles. The minimum absolute atomic E-state index is 0.239. The molecule has 40 heavy (non-hydrogen) atoms. The second-order valence-electron chi connectivity index (χ2n) is 12.8. The molecular weight excluding hydrogens is 496 g/mol. The zero-order chi connectivity index (χ0) is 30.3. The third-order valence-electron chi connectivity index (χ3n) is 9.04. The number of hydrogen-bond acceptors (Lipinski definition) is 4. The Balaban J connectivity index is 5.12. The van der Waals surface area contributed by atoms with E-state index in [9.17, 15) is 9.59 Å². The van der Waals surface area contributed by atoms with Gasteiger partial charge in [0.25, 0.3) is 0 Å². The molecule has 0 fully saturated rings. The maximum absolute atomic E-state index is 12.8. The highest BCUT2D eigenvalue weighted by atomic mass is 16.6. The summed E-state index contributed by atoms with van der Waals surface area (Å²) in [5, 5.41) is 0. The topological polar surface area (TPSA) is 52.6 Å². The SMILES string of the molecule is CCCCCCCCC(C)C(C)(CCCC)OC(=O)C#CC(=O)OC(C)(CCCC)C(C)CCCCCCCC. The molecule has 0 heterocycles. The van der Waals surface area contributed by atoms with Crippen LogP contribution in [0.15, 0.2) is 0 Å². The van der Waals surface area contributed by atoms with Crippen LogP contribution in [0.5, 0.6) is 0 Å². The Bertz CT molecular complexity index is 662. The minimum Gasteiger partial charge on any atom is -0.449 e. The van der Waals surface area contributed by atoms with E-state index in [0.29, 0.717) is 0 Å². The number of ether oxygens (including phenoxy) is 2. The lowest BCUT2D eigenvalue weighted by Crippen LogP contribution is -2.39. The Labute approximate surface area is 249 Å². The molecule has 0 aliphatic rings. The van der Waals surface area contributed by atoms with Gasteiger partial charge in [-0.2, -0.15) is 0 Å². The summed E-state index contributed by atoms with van der Waals surface area (Å²) in [6.07, 6.45) is 22.8.